The van der Waals surface area contributed by atoms with Gasteiger partial charge < -0.3 is 10.1 Å². The topological polar surface area (TPSA) is 84.5 Å². The van der Waals surface area contributed by atoms with Gasteiger partial charge in [0.25, 0.3) is 5.91 Å². The molecular weight excluding hydrogens is 468 g/mol. The SMILES string of the molecule is Cc1ccc(OCC(=O)Nc2ccc(S(=O)(=O)NCc3ccccc3)cc2)c(Br)c1. The fourth-order valence-electron chi connectivity index (χ4n) is 2.64. The standard InChI is InChI=1S/C22H21BrN2O4S/c1-16-7-12-21(20(23)13-16)29-15-22(26)25-18-8-10-19(11-9-18)30(27,28)24-14-17-5-3-2-4-6-17/h2-13,24H,14-15H2,1H3,(H,25,26). The fourth-order valence-corrected chi connectivity index (χ4v) is 4.26. The van der Waals surface area contributed by atoms with Crippen LogP contribution in [0.2, 0.25) is 0 Å². The van der Waals surface area contributed by atoms with Gasteiger partial charge >= 0.3 is 0 Å². The Morgan fingerprint density at radius 1 is 1.00 bits per heavy atom. The average Bonchev–Trinajstić information content (AvgIpc) is 2.73. The van der Waals surface area contributed by atoms with E-state index in [0.29, 0.717) is 11.4 Å². The van der Waals surface area contributed by atoms with E-state index < -0.39 is 10.0 Å². The smallest absolute Gasteiger partial charge is 0.262 e. The number of rotatable bonds is 8. The van der Waals surface area contributed by atoms with E-state index in [1.165, 1.54) is 24.3 Å². The van der Waals surface area contributed by atoms with Crippen LogP contribution in [0.25, 0.3) is 0 Å². The van der Waals surface area contributed by atoms with Crippen LogP contribution in [0.1, 0.15) is 11.1 Å². The number of benzene rings is 3. The van der Waals surface area contributed by atoms with Gasteiger partial charge in [0.1, 0.15) is 5.75 Å². The Kier molecular flexibility index (Phi) is 7.25. The van der Waals surface area contributed by atoms with Gasteiger partial charge in [-0.1, -0.05) is 36.4 Å². The summed E-state index contributed by atoms with van der Waals surface area (Å²) in [6.45, 7) is 2.00. The van der Waals surface area contributed by atoms with E-state index in [0.717, 1.165) is 15.6 Å². The highest BCUT2D eigenvalue weighted by molar-refractivity contribution is 9.10. The van der Waals surface area contributed by atoms with Crippen LogP contribution in [0.5, 0.6) is 5.75 Å². The van der Waals surface area contributed by atoms with Gasteiger partial charge in [0.05, 0.1) is 9.37 Å². The highest BCUT2D eigenvalue weighted by atomic mass is 79.9. The first-order valence-corrected chi connectivity index (χ1v) is 11.4. The van der Waals surface area contributed by atoms with Crippen LogP contribution < -0.4 is 14.8 Å². The third-order valence-electron chi connectivity index (χ3n) is 4.20. The van der Waals surface area contributed by atoms with Gasteiger partial charge in [-0.3, -0.25) is 4.79 Å². The summed E-state index contributed by atoms with van der Waals surface area (Å²) in [5, 5.41) is 2.69. The van der Waals surface area contributed by atoms with Gasteiger partial charge in [0.2, 0.25) is 10.0 Å². The van der Waals surface area contributed by atoms with Gasteiger partial charge in [0, 0.05) is 12.2 Å². The van der Waals surface area contributed by atoms with Crippen molar-refractivity contribution in [1.82, 2.24) is 4.72 Å². The summed E-state index contributed by atoms with van der Waals surface area (Å²) < 4.78 is 33.7. The van der Waals surface area contributed by atoms with Gasteiger partial charge in [-0.25, -0.2) is 13.1 Å². The summed E-state index contributed by atoms with van der Waals surface area (Å²) in [5.74, 6) is 0.224. The molecule has 0 bridgehead atoms. The summed E-state index contributed by atoms with van der Waals surface area (Å²) in [4.78, 5) is 12.2. The van der Waals surface area contributed by atoms with E-state index in [1.807, 2.05) is 49.4 Å². The molecule has 0 spiro atoms. The predicted molar refractivity (Wildman–Crippen MR) is 120 cm³/mol. The predicted octanol–water partition coefficient (Wildman–Crippen LogP) is 4.25. The Morgan fingerprint density at radius 3 is 2.37 bits per heavy atom. The average molecular weight is 489 g/mol. The molecule has 0 aliphatic carbocycles. The van der Waals surface area contributed by atoms with Gasteiger partial charge in [-0.05, 0) is 70.4 Å². The summed E-state index contributed by atoms with van der Waals surface area (Å²) in [6.07, 6.45) is 0. The zero-order valence-electron chi connectivity index (χ0n) is 16.3. The Hall–Kier alpha value is -2.68. The van der Waals surface area contributed by atoms with Crippen LogP contribution >= 0.6 is 15.9 Å². The highest BCUT2D eigenvalue weighted by Gasteiger charge is 2.14. The maximum atomic E-state index is 12.4. The first kappa shape index (κ1) is 22.0. The largest absolute Gasteiger partial charge is 0.483 e. The van der Waals surface area contributed by atoms with Crippen LogP contribution in [-0.4, -0.2) is 20.9 Å². The quantitative estimate of drug-likeness (QED) is 0.496. The molecule has 30 heavy (non-hydrogen) atoms. The molecule has 0 aliphatic rings. The molecule has 6 nitrogen and oxygen atoms in total. The molecule has 1 amide bonds. The number of hydrogen-bond donors (Lipinski definition) is 2. The Bertz CT molecular complexity index is 1120. The van der Waals surface area contributed by atoms with Crippen molar-refractivity contribution in [1.29, 1.82) is 0 Å². The minimum atomic E-state index is -3.65. The summed E-state index contributed by atoms with van der Waals surface area (Å²) in [6, 6.07) is 20.8. The van der Waals surface area contributed by atoms with E-state index in [9.17, 15) is 13.2 Å². The monoisotopic (exact) mass is 488 g/mol. The maximum Gasteiger partial charge on any atom is 0.262 e. The molecule has 0 saturated carbocycles. The van der Waals surface area contributed by atoms with Crippen molar-refractivity contribution in [3.8, 4) is 5.75 Å². The molecule has 8 heteroatoms. The molecule has 3 aromatic rings. The van der Waals surface area contributed by atoms with Crippen molar-refractivity contribution in [2.75, 3.05) is 11.9 Å². The van der Waals surface area contributed by atoms with E-state index in [4.69, 9.17) is 4.74 Å². The van der Waals surface area contributed by atoms with Gasteiger partial charge in [0.15, 0.2) is 6.61 Å². The normalized spacial score (nSPS) is 11.1. The third-order valence-corrected chi connectivity index (χ3v) is 6.24. The molecule has 0 fully saturated rings. The highest BCUT2D eigenvalue weighted by Crippen LogP contribution is 2.25. The zero-order valence-corrected chi connectivity index (χ0v) is 18.7. The van der Waals surface area contributed by atoms with E-state index in [2.05, 4.69) is 26.0 Å². The number of ether oxygens (including phenoxy) is 1. The molecule has 0 aliphatic heterocycles. The van der Waals surface area contributed by atoms with E-state index in [1.54, 1.807) is 6.07 Å². The number of amides is 1. The number of nitrogens with one attached hydrogen (secondary N) is 2. The number of halogens is 1. The lowest BCUT2D eigenvalue weighted by Crippen LogP contribution is -2.23. The van der Waals surface area contributed by atoms with Crippen LogP contribution in [0.15, 0.2) is 82.2 Å². The first-order chi connectivity index (χ1) is 14.3. The number of hydrogen-bond acceptors (Lipinski definition) is 4. The van der Waals surface area contributed by atoms with Crippen molar-refractivity contribution < 1.29 is 17.9 Å². The molecule has 0 unspecified atom stereocenters. The minimum Gasteiger partial charge on any atom is -0.483 e. The Morgan fingerprint density at radius 2 is 1.70 bits per heavy atom. The lowest BCUT2D eigenvalue weighted by Gasteiger charge is -2.10. The Labute approximate surface area is 184 Å². The fraction of sp³-hybridized carbons (Fsp3) is 0.136. The van der Waals surface area contributed by atoms with E-state index >= 15 is 0 Å². The summed E-state index contributed by atoms with van der Waals surface area (Å²) in [7, 11) is -3.65. The van der Waals surface area contributed by atoms with Crippen LogP contribution in [-0.2, 0) is 21.4 Å². The number of anilines is 1. The molecule has 0 saturated heterocycles. The van der Waals surface area contributed by atoms with Crippen molar-refractivity contribution in [3.05, 3.63) is 88.4 Å². The molecule has 3 aromatic carbocycles. The van der Waals surface area contributed by atoms with E-state index in [-0.39, 0.29) is 24.0 Å². The second-order valence-corrected chi connectivity index (χ2v) is 9.23. The number of carbonyl (C=O) groups excluding carboxylic acids is 1. The van der Waals surface area contributed by atoms with Gasteiger partial charge in [-0.2, -0.15) is 0 Å². The summed E-state index contributed by atoms with van der Waals surface area (Å²) >= 11 is 3.40. The number of carbonyl (C=O) groups is 1. The number of sulfonamides is 1. The third kappa shape index (κ3) is 6.16. The molecule has 0 atom stereocenters. The van der Waals surface area contributed by atoms with Crippen LogP contribution in [0.3, 0.4) is 0 Å². The molecule has 0 aromatic heterocycles. The first-order valence-electron chi connectivity index (χ1n) is 9.16. The van der Waals surface area contributed by atoms with Crippen LogP contribution in [0, 0.1) is 6.92 Å². The second-order valence-electron chi connectivity index (χ2n) is 6.61. The molecule has 0 heterocycles. The lowest BCUT2D eigenvalue weighted by molar-refractivity contribution is -0.118. The molecule has 3 rings (SSSR count). The molecule has 0 radical (unpaired) electrons. The lowest BCUT2D eigenvalue weighted by atomic mass is 10.2. The molecule has 2 N–H and O–H groups in total. The maximum absolute atomic E-state index is 12.4. The van der Waals surface area contributed by atoms with Crippen molar-refractivity contribution in [3.63, 3.8) is 0 Å². The van der Waals surface area contributed by atoms with Gasteiger partial charge in [-0.15, -0.1) is 0 Å². The number of aryl methyl sites for hydroxylation is 1. The molecular formula is C22H21BrN2O4S. The molecule has 156 valence electrons. The minimum absolute atomic E-state index is 0.122. The second kappa shape index (κ2) is 9.88. The van der Waals surface area contributed by atoms with Crippen molar-refractivity contribution in [2.45, 2.75) is 18.4 Å². The van der Waals surface area contributed by atoms with Crippen LogP contribution in [0.4, 0.5) is 5.69 Å². The van der Waals surface area contributed by atoms with Crippen molar-refractivity contribution in [2.24, 2.45) is 0 Å². The Balaban J connectivity index is 1.55. The summed E-state index contributed by atoms with van der Waals surface area (Å²) in [5.41, 5.74) is 2.42. The van der Waals surface area contributed by atoms with Crippen molar-refractivity contribution >= 4 is 37.5 Å². The zero-order chi connectivity index (χ0) is 21.6.